The number of nitrogens with zero attached hydrogens (tertiary/aromatic N) is 3. The lowest BCUT2D eigenvalue weighted by molar-refractivity contribution is -0.132. The number of amides is 2. The van der Waals surface area contributed by atoms with Gasteiger partial charge in [-0.3, -0.25) is 19.0 Å². The Hall–Kier alpha value is -3.40. The smallest absolute Gasteiger partial charge is 0.266 e. The molecule has 0 aliphatic carbocycles. The van der Waals surface area contributed by atoms with Gasteiger partial charge in [0.15, 0.2) is 0 Å². The molecule has 0 saturated carbocycles. The van der Waals surface area contributed by atoms with Gasteiger partial charge in [0, 0.05) is 19.2 Å². The van der Waals surface area contributed by atoms with Crippen LogP contribution in [-0.4, -0.2) is 53.6 Å². The highest BCUT2D eigenvalue weighted by atomic mass is 32.1. The van der Waals surface area contributed by atoms with Crippen molar-refractivity contribution in [2.45, 2.75) is 32.7 Å². The molecule has 3 aromatic rings. The maximum Gasteiger partial charge on any atom is 0.266 e. The highest BCUT2D eigenvalue weighted by Gasteiger charge is 2.22. The molecular weight excluding hydrogens is 444 g/mol. The molecule has 9 nitrogen and oxygen atoms in total. The number of nitrogens with one attached hydrogen (secondary N) is 1. The Bertz CT molecular complexity index is 1260. The number of methoxy groups -OCH3 is 2. The van der Waals surface area contributed by atoms with Gasteiger partial charge in [-0.05, 0) is 43.9 Å². The van der Waals surface area contributed by atoms with Crippen LogP contribution in [0.3, 0.4) is 0 Å². The lowest BCUT2D eigenvalue weighted by Crippen LogP contribution is -2.39. The van der Waals surface area contributed by atoms with E-state index in [4.69, 9.17) is 9.47 Å². The highest BCUT2D eigenvalue weighted by Crippen LogP contribution is 2.32. The van der Waals surface area contributed by atoms with Crippen LogP contribution < -0.4 is 20.3 Å². The Morgan fingerprint density at radius 1 is 1.15 bits per heavy atom. The number of piperidine rings is 1. The number of hydrogen-bond donors (Lipinski definition) is 1. The van der Waals surface area contributed by atoms with Gasteiger partial charge in [-0.15, -0.1) is 11.3 Å². The fourth-order valence-corrected chi connectivity index (χ4v) is 5.00. The van der Waals surface area contributed by atoms with Gasteiger partial charge in [0.1, 0.15) is 22.9 Å². The van der Waals surface area contributed by atoms with Gasteiger partial charge in [-0.25, -0.2) is 4.98 Å². The summed E-state index contributed by atoms with van der Waals surface area (Å²) in [4.78, 5) is 45.8. The third kappa shape index (κ3) is 4.56. The molecule has 1 N–H and O–H groups in total. The second-order valence-corrected chi connectivity index (χ2v) is 8.87. The first-order valence-electron chi connectivity index (χ1n) is 10.7. The Morgan fingerprint density at radius 3 is 2.61 bits per heavy atom. The molecule has 0 bridgehead atoms. The molecule has 1 fully saturated rings. The first-order chi connectivity index (χ1) is 15.9. The van der Waals surface area contributed by atoms with Crippen LogP contribution in [0.5, 0.6) is 11.5 Å². The molecular formula is C23H26N4O5S. The monoisotopic (exact) mass is 470 g/mol. The molecule has 1 aliphatic rings. The average molecular weight is 471 g/mol. The molecule has 4 rings (SSSR count). The summed E-state index contributed by atoms with van der Waals surface area (Å²) < 4.78 is 11.9. The van der Waals surface area contributed by atoms with E-state index >= 15 is 0 Å². The maximum absolute atomic E-state index is 13.1. The lowest BCUT2D eigenvalue weighted by Gasteiger charge is -2.26. The molecule has 2 aromatic heterocycles. The molecule has 33 heavy (non-hydrogen) atoms. The summed E-state index contributed by atoms with van der Waals surface area (Å²) >= 11 is 1.14. The summed E-state index contributed by atoms with van der Waals surface area (Å²) in [5.41, 5.74) is 0.667. The molecule has 0 unspecified atom stereocenters. The van der Waals surface area contributed by atoms with Gasteiger partial charge in [0.25, 0.3) is 11.5 Å². The van der Waals surface area contributed by atoms with Crippen molar-refractivity contribution in [2.24, 2.45) is 0 Å². The van der Waals surface area contributed by atoms with Crippen molar-refractivity contribution in [3.8, 4) is 11.5 Å². The second-order valence-electron chi connectivity index (χ2n) is 7.88. The molecule has 2 amide bonds. The number of hydrogen-bond acceptors (Lipinski definition) is 7. The summed E-state index contributed by atoms with van der Waals surface area (Å²) in [6.45, 7) is 3.10. The third-order valence-electron chi connectivity index (χ3n) is 5.79. The number of thiophene rings is 1. The van der Waals surface area contributed by atoms with Crippen molar-refractivity contribution in [1.82, 2.24) is 14.5 Å². The van der Waals surface area contributed by atoms with Gasteiger partial charge >= 0.3 is 0 Å². The number of aromatic nitrogens is 2. The van der Waals surface area contributed by atoms with Crippen molar-refractivity contribution in [3.63, 3.8) is 0 Å². The Labute approximate surface area is 194 Å². The molecule has 0 radical (unpaired) electrons. The van der Waals surface area contributed by atoms with E-state index in [9.17, 15) is 14.4 Å². The van der Waals surface area contributed by atoms with Crippen LogP contribution in [0.1, 0.15) is 34.5 Å². The molecule has 174 valence electrons. The number of fused-ring (bicyclic) bond motifs is 1. The van der Waals surface area contributed by atoms with Crippen LogP contribution in [0.2, 0.25) is 0 Å². The fraction of sp³-hybridized carbons (Fsp3) is 0.391. The van der Waals surface area contributed by atoms with Crippen molar-refractivity contribution in [3.05, 3.63) is 45.3 Å². The predicted molar refractivity (Wildman–Crippen MR) is 127 cm³/mol. The summed E-state index contributed by atoms with van der Waals surface area (Å²) in [6, 6.07) is 5.10. The number of ether oxygens (including phenoxy) is 2. The summed E-state index contributed by atoms with van der Waals surface area (Å²) in [7, 11) is 3.05. The number of carbonyl (C=O) groups excluding carboxylic acids is 2. The first-order valence-corrected chi connectivity index (χ1v) is 11.5. The summed E-state index contributed by atoms with van der Waals surface area (Å²) in [6.07, 6.45) is 4.48. The zero-order valence-corrected chi connectivity index (χ0v) is 19.7. The van der Waals surface area contributed by atoms with Crippen LogP contribution in [0.4, 0.5) is 5.69 Å². The molecule has 10 heteroatoms. The Morgan fingerprint density at radius 2 is 1.91 bits per heavy atom. The Balaban J connectivity index is 1.62. The van der Waals surface area contributed by atoms with E-state index in [0.29, 0.717) is 37.8 Å². The van der Waals surface area contributed by atoms with E-state index in [-0.39, 0.29) is 23.9 Å². The maximum atomic E-state index is 13.1. The highest BCUT2D eigenvalue weighted by molar-refractivity contribution is 7.20. The quantitative estimate of drug-likeness (QED) is 0.594. The third-order valence-corrected chi connectivity index (χ3v) is 6.99. The number of carbonyl (C=O) groups is 2. The van der Waals surface area contributed by atoms with Crippen molar-refractivity contribution in [1.29, 1.82) is 0 Å². The predicted octanol–water partition coefficient (Wildman–Crippen LogP) is 3.05. The molecule has 3 heterocycles. The number of aryl methyl sites for hydroxylation is 1. The van der Waals surface area contributed by atoms with Gasteiger partial charge in [0.2, 0.25) is 5.91 Å². The van der Waals surface area contributed by atoms with Crippen molar-refractivity contribution < 1.29 is 19.1 Å². The molecule has 0 spiro atoms. The normalized spacial score (nSPS) is 13.7. The van der Waals surface area contributed by atoms with Crippen LogP contribution in [0.15, 0.2) is 29.3 Å². The zero-order chi connectivity index (χ0) is 23.5. The summed E-state index contributed by atoms with van der Waals surface area (Å²) in [5, 5.41) is 3.19. The number of anilines is 1. The van der Waals surface area contributed by atoms with Gasteiger partial charge in [-0.2, -0.15) is 0 Å². The minimum Gasteiger partial charge on any atom is -0.497 e. The topological polar surface area (TPSA) is 103 Å². The second kappa shape index (κ2) is 9.62. The van der Waals surface area contributed by atoms with Crippen LogP contribution in [0, 0.1) is 6.92 Å². The van der Waals surface area contributed by atoms with E-state index in [1.165, 1.54) is 25.1 Å². The van der Waals surface area contributed by atoms with Crippen LogP contribution >= 0.6 is 11.3 Å². The van der Waals surface area contributed by atoms with Gasteiger partial charge in [0.05, 0.1) is 36.5 Å². The van der Waals surface area contributed by atoms with E-state index in [2.05, 4.69) is 10.3 Å². The Kier molecular flexibility index (Phi) is 6.64. The summed E-state index contributed by atoms with van der Waals surface area (Å²) in [5.74, 6) is 0.591. The number of benzene rings is 1. The SMILES string of the molecule is COc1ccc(OC)c(NC(=O)c2sc3ncn(CC(=O)N4CCCCC4)c(=O)c3c2C)c1. The fourth-order valence-electron chi connectivity index (χ4n) is 3.97. The minimum atomic E-state index is -0.377. The zero-order valence-electron chi connectivity index (χ0n) is 18.8. The minimum absolute atomic E-state index is 0.0560. The van der Waals surface area contributed by atoms with Crippen molar-refractivity contribution >= 4 is 39.1 Å². The van der Waals surface area contributed by atoms with Gasteiger partial charge in [-0.1, -0.05) is 0 Å². The van der Waals surface area contributed by atoms with E-state index in [1.54, 1.807) is 30.0 Å². The standard InChI is InChI=1S/C23H26N4O5S/c1-14-19-22(24-13-27(23(19)30)12-18(28)26-9-5-4-6-10-26)33-20(14)21(29)25-16-11-15(31-2)7-8-17(16)32-3/h7-8,11,13H,4-6,9-10,12H2,1-3H3,(H,25,29). The van der Waals surface area contributed by atoms with Crippen LogP contribution in [0.25, 0.3) is 10.2 Å². The van der Waals surface area contributed by atoms with E-state index in [0.717, 1.165) is 43.7 Å². The number of likely N-dealkylation sites (tertiary alicyclic amines) is 1. The number of rotatable bonds is 6. The van der Waals surface area contributed by atoms with E-state index < -0.39 is 0 Å². The molecule has 1 aliphatic heterocycles. The van der Waals surface area contributed by atoms with Crippen LogP contribution in [-0.2, 0) is 11.3 Å². The van der Waals surface area contributed by atoms with E-state index in [1.807, 2.05) is 0 Å². The molecule has 1 aromatic carbocycles. The lowest BCUT2D eigenvalue weighted by atomic mass is 10.1. The average Bonchev–Trinajstić information content (AvgIpc) is 3.18. The molecule has 0 atom stereocenters. The van der Waals surface area contributed by atoms with Gasteiger partial charge < -0.3 is 19.7 Å². The molecule has 1 saturated heterocycles. The largest absolute Gasteiger partial charge is 0.497 e. The van der Waals surface area contributed by atoms with Crippen molar-refractivity contribution in [2.75, 3.05) is 32.6 Å². The first kappa shape index (κ1) is 22.8.